The SMILES string of the molecule is Cc1ccc(CNC(=O)NCc2cc3c(s2)C(=O)N(C2CCC(=O)NC2=O)C3)cc1Cl. The molecule has 0 radical (unpaired) electrons. The second-order valence-corrected chi connectivity index (χ2v) is 9.13. The van der Waals surface area contributed by atoms with Gasteiger partial charge in [0.1, 0.15) is 6.04 Å². The largest absolute Gasteiger partial charge is 0.334 e. The van der Waals surface area contributed by atoms with Crippen molar-refractivity contribution < 1.29 is 19.2 Å². The summed E-state index contributed by atoms with van der Waals surface area (Å²) >= 11 is 7.41. The topological polar surface area (TPSA) is 108 Å². The smallest absolute Gasteiger partial charge is 0.315 e. The van der Waals surface area contributed by atoms with Crippen LogP contribution in [-0.2, 0) is 29.2 Å². The maximum absolute atomic E-state index is 12.7. The zero-order valence-electron chi connectivity index (χ0n) is 16.8. The summed E-state index contributed by atoms with van der Waals surface area (Å²) in [6.45, 7) is 2.90. The predicted molar refractivity (Wildman–Crippen MR) is 116 cm³/mol. The number of rotatable bonds is 5. The number of fused-ring (bicyclic) bond motifs is 1. The van der Waals surface area contributed by atoms with Crippen LogP contribution in [0.4, 0.5) is 4.79 Å². The van der Waals surface area contributed by atoms with Gasteiger partial charge in [-0.15, -0.1) is 11.3 Å². The maximum atomic E-state index is 12.7. The molecule has 1 aromatic carbocycles. The van der Waals surface area contributed by atoms with Crippen molar-refractivity contribution in [1.29, 1.82) is 0 Å². The lowest BCUT2D eigenvalue weighted by atomic mass is 10.0. The Kier molecular flexibility index (Phi) is 5.97. The van der Waals surface area contributed by atoms with Crippen LogP contribution in [0.1, 0.15) is 44.1 Å². The summed E-state index contributed by atoms with van der Waals surface area (Å²) in [6, 6.07) is 6.57. The van der Waals surface area contributed by atoms with Crippen LogP contribution in [0.25, 0.3) is 0 Å². The number of urea groups is 1. The molecule has 2 aromatic rings. The number of nitrogens with zero attached hydrogens (tertiary/aromatic N) is 1. The molecule has 0 saturated carbocycles. The number of carbonyl (C=O) groups is 4. The number of aryl methyl sites for hydroxylation is 1. The Hall–Kier alpha value is -2.91. The highest BCUT2D eigenvalue weighted by Gasteiger charge is 2.40. The summed E-state index contributed by atoms with van der Waals surface area (Å²) in [5.74, 6) is -0.936. The van der Waals surface area contributed by atoms with Crippen LogP contribution in [0.3, 0.4) is 0 Å². The number of hydrogen-bond acceptors (Lipinski definition) is 5. The van der Waals surface area contributed by atoms with E-state index in [-0.39, 0.29) is 24.3 Å². The van der Waals surface area contributed by atoms with Crippen LogP contribution < -0.4 is 16.0 Å². The molecule has 0 spiro atoms. The third-order valence-electron chi connectivity index (χ3n) is 5.35. The zero-order chi connectivity index (χ0) is 22.1. The van der Waals surface area contributed by atoms with Gasteiger partial charge in [-0.3, -0.25) is 19.7 Å². The summed E-state index contributed by atoms with van der Waals surface area (Å²) in [4.78, 5) is 51.2. The summed E-state index contributed by atoms with van der Waals surface area (Å²) in [7, 11) is 0. The molecule has 8 nitrogen and oxygen atoms in total. The Morgan fingerprint density at radius 3 is 2.71 bits per heavy atom. The standard InChI is InChI=1S/C21H21ClN4O4S/c1-11-2-3-12(6-15(11)22)8-23-21(30)24-9-14-7-13-10-26(20(29)18(13)31-14)16-4-5-17(27)25-19(16)28/h2-3,6-7,16H,4-5,8-10H2,1H3,(H2,23,24,30)(H,25,27,28). The molecule has 2 aliphatic heterocycles. The fourth-order valence-corrected chi connectivity index (χ4v) is 4.92. The van der Waals surface area contributed by atoms with Crippen LogP contribution >= 0.6 is 22.9 Å². The van der Waals surface area contributed by atoms with Crippen molar-refractivity contribution in [1.82, 2.24) is 20.9 Å². The van der Waals surface area contributed by atoms with E-state index in [1.807, 2.05) is 31.2 Å². The minimum atomic E-state index is -0.618. The van der Waals surface area contributed by atoms with Gasteiger partial charge >= 0.3 is 6.03 Å². The van der Waals surface area contributed by atoms with E-state index in [1.54, 1.807) is 0 Å². The molecule has 2 aliphatic rings. The van der Waals surface area contributed by atoms with Crippen molar-refractivity contribution in [2.45, 2.75) is 45.4 Å². The molecule has 162 valence electrons. The first-order chi connectivity index (χ1) is 14.8. The molecule has 1 unspecified atom stereocenters. The second kappa shape index (κ2) is 8.68. The van der Waals surface area contributed by atoms with E-state index >= 15 is 0 Å². The van der Waals surface area contributed by atoms with Gasteiger partial charge in [-0.05, 0) is 42.2 Å². The van der Waals surface area contributed by atoms with Gasteiger partial charge in [-0.25, -0.2) is 4.79 Å². The highest BCUT2D eigenvalue weighted by Crippen LogP contribution is 2.33. The third kappa shape index (κ3) is 4.57. The van der Waals surface area contributed by atoms with E-state index < -0.39 is 11.9 Å². The van der Waals surface area contributed by atoms with Crippen molar-refractivity contribution in [3.05, 3.63) is 55.7 Å². The molecule has 3 N–H and O–H groups in total. The number of thiophene rings is 1. The Labute approximate surface area is 187 Å². The van der Waals surface area contributed by atoms with Gasteiger partial charge in [0.15, 0.2) is 0 Å². The molecule has 31 heavy (non-hydrogen) atoms. The summed E-state index contributed by atoms with van der Waals surface area (Å²) in [5, 5.41) is 8.51. The minimum absolute atomic E-state index is 0.207. The van der Waals surface area contributed by atoms with E-state index in [4.69, 9.17) is 11.6 Å². The first-order valence-electron chi connectivity index (χ1n) is 9.85. The van der Waals surface area contributed by atoms with Gasteiger partial charge in [-0.2, -0.15) is 0 Å². The predicted octanol–water partition coefficient (Wildman–Crippen LogP) is 2.47. The molecule has 0 bridgehead atoms. The van der Waals surface area contributed by atoms with E-state index in [0.717, 1.165) is 21.6 Å². The summed E-state index contributed by atoms with van der Waals surface area (Å²) in [5.41, 5.74) is 2.72. The van der Waals surface area contributed by atoms with E-state index in [9.17, 15) is 19.2 Å². The lowest BCUT2D eigenvalue weighted by molar-refractivity contribution is -0.136. The third-order valence-corrected chi connectivity index (χ3v) is 6.93. The van der Waals surface area contributed by atoms with Gasteiger partial charge in [-0.1, -0.05) is 23.7 Å². The van der Waals surface area contributed by atoms with Crippen LogP contribution in [-0.4, -0.2) is 34.7 Å². The number of carbonyl (C=O) groups excluding carboxylic acids is 4. The van der Waals surface area contributed by atoms with Gasteiger partial charge < -0.3 is 15.5 Å². The molecule has 1 saturated heterocycles. The Bertz CT molecular complexity index is 1080. The number of nitrogens with one attached hydrogen (secondary N) is 3. The highest BCUT2D eigenvalue weighted by atomic mass is 35.5. The normalized spacial score (nSPS) is 18.1. The first-order valence-corrected chi connectivity index (χ1v) is 11.0. The molecule has 4 rings (SSSR count). The monoisotopic (exact) mass is 460 g/mol. The second-order valence-electron chi connectivity index (χ2n) is 7.59. The molecule has 3 heterocycles. The van der Waals surface area contributed by atoms with Crippen LogP contribution in [0.15, 0.2) is 24.3 Å². The molecule has 5 amide bonds. The molecular weight excluding hydrogens is 440 g/mol. The molecule has 1 atom stereocenters. The van der Waals surface area contributed by atoms with Gasteiger partial charge in [0.25, 0.3) is 5.91 Å². The molecule has 1 aromatic heterocycles. The number of piperidine rings is 1. The van der Waals surface area contributed by atoms with Crippen LogP contribution in [0.2, 0.25) is 5.02 Å². The van der Waals surface area contributed by atoms with Crippen LogP contribution in [0.5, 0.6) is 0 Å². The minimum Gasteiger partial charge on any atom is -0.334 e. The molecule has 1 fully saturated rings. The highest BCUT2D eigenvalue weighted by molar-refractivity contribution is 7.14. The zero-order valence-corrected chi connectivity index (χ0v) is 18.4. The maximum Gasteiger partial charge on any atom is 0.315 e. The van der Waals surface area contributed by atoms with Crippen molar-refractivity contribution in [2.75, 3.05) is 0 Å². The number of hydrogen-bond donors (Lipinski definition) is 3. The fourth-order valence-electron chi connectivity index (χ4n) is 3.65. The average Bonchev–Trinajstić information content (AvgIpc) is 3.26. The van der Waals surface area contributed by atoms with Crippen molar-refractivity contribution in [3.63, 3.8) is 0 Å². The van der Waals surface area contributed by atoms with Crippen molar-refractivity contribution >= 4 is 46.7 Å². The summed E-state index contributed by atoms with van der Waals surface area (Å²) in [6.07, 6.45) is 0.568. The van der Waals surface area contributed by atoms with Gasteiger partial charge in [0.2, 0.25) is 11.8 Å². The van der Waals surface area contributed by atoms with E-state index in [2.05, 4.69) is 16.0 Å². The van der Waals surface area contributed by atoms with E-state index in [0.29, 0.717) is 36.0 Å². The number of halogens is 1. The Morgan fingerprint density at radius 1 is 1.23 bits per heavy atom. The summed E-state index contributed by atoms with van der Waals surface area (Å²) < 4.78 is 0. The van der Waals surface area contributed by atoms with Crippen molar-refractivity contribution in [2.24, 2.45) is 0 Å². The Morgan fingerprint density at radius 2 is 2.00 bits per heavy atom. The first kappa shape index (κ1) is 21.3. The van der Waals surface area contributed by atoms with E-state index in [1.165, 1.54) is 16.2 Å². The lowest BCUT2D eigenvalue weighted by Gasteiger charge is -2.29. The average molecular weight is 461 g/mol. The number of benzene rings is 1. The number of amides is 5. The molecular formula is C21H21ClN4O4S. The van der Waals surface area contributed by atoms with Gasteiger partial charge in [0.05, 0.1) is 11.4 Å². The number of imide groups is 1. The van der Waals surface area contributed by atoms with Crippen LogP contribution in [0, 0.1) is 6.92 Å². The molecule has 0 aliphatic carbocycles. The quantitative estimate of drug-likeness (QED) is 0.595. The Balaban J connectivity index is 1.29. The van der Waals surface area contributed by atoms with Gasteiger partial charge in [0, 0.05) is 29.4 Å². The fraction of sp³-hybridized carbons (Fsp3) is 0.333. The van der Waals surface area contributed by atoms with Crippen molar-refractivity contribution in [3.8, 4) is 0 Å². The molecule has 10 heteroatoms. The lowest BCUT2D eigenvalue weighted by Crippen LogP contribution is -2.52.